The molecule has 0 aliphatic heterocycles. The van der Waals surface area contributed by atoms with Crippen molar-refractivity contribution in [2.45, 2.75) is 19.4 Å². The van der Waals surface area contributed by atoms with Gasteiger partial charge in [-0.3, -0.25) is 14.9 Å². The molecule has 1 atom stereocenters. The van der Waals surface area contributed by atoms with E-state index in [9.17, 15) is 19.3 Å². The summed E-state index contributed by atoms with van der Waals surface area (Å²) in [4.78, 5) is 23.8. The average Bonchev–Trinajstić information content (AvgIpc) is 2.36. The van der Waals surface area contributed by atoms with Crippen LogP contribution in [0.4, 0.5) is 10.1 Å². The fourth-order valence-electron chi connectivity index (χ4n) is 1.63. The van der Waals surface area contributed by atoms with Crippen molar-refractivity contribution in [3.05, 3.63) is 39.7 Å². The lowest BCUT2D eigenvalue weighted by Crippen LogP contribution is -2.35. The summed E-state index contributed by atoms with van der Waals surface area (Å²) in [5.41, 5.74) is -0.617. The summed E-state index contributed by atoms with van der Waals surface area (Å²) in [6.45, 7) is 2.58. The molecule has 1 aromatic carbocycles. The number of benzene rings is 1. The molecule has 6 nitrogen and oxygen atoms in total. The first-order valence-corrected chi connectivity index (χ1v) is 6.20. The highest BCUT2D eigenvalue weighted by Gasteiger charge is 2.18. The first-order valence-electron chi connectivity index (χ1n) is 6.20. The number of carbonyl (C=O) groups excluding carboxylic acids is 1. The molecule has 7 heteroatoms. The van der Waals surface area contributed by atoms with Gasteiger partial charge in [-0.1, -0.05) is 0 Å². The Labute approximate surface area is 116 Å². The van der Waals surface area contributed by atoms with Crippen LogP contribution in [0.25, 0.3) is 0 Å². The maximum absolute atomic E-state index is 13.6. The summed E-state index contributed by atoms with van der Waals surface area (Å²) in [5, 5.41) is 13.3. The van der Waals surface area contributed by atoms with Gasteiger partial charge in [0.1, 0.15) is 5.82 Å². The number of nitrogens with one attached hydrogen (secondary N) is 1. The number of non-ortho nitro benzene ring substituents is 1. The predicted molar refractivity (Wildman–Crippen MR) is 73.2 cm³/mol. The quantitative estimate of drug-likeness (QED) is 0.638. The molecular formula is C13H18FN3O3. The van der Waals surface area contributed by atoms with Crippen molar-refractivity contribution >= 4 is 11.6 Å². The number of nitro groups is 1. The summed E-state index contributed by atoms with van der Waals surface area (Å²) in [6.07, 6.45) is 0.704. The lowest BCUT2D eigenvalue weighted by molar-refractivity contribution is -0.384. The van der Waals surface area contributed by atoms with Gasteiger partial charge in [-0.2, -0.15) is 0 Å². The molecule has 110 valence electrons. The molecule has 1 rings (SSSR count). The second-order valence-electron chi connectivity index (χ2n) is 4.89. The average molecular weight is 283 g/mol. The molecule has 1 amide bonds. The minimum absolute atomic E-state index is 0.149. The summed E-state index contributed by atoms with van der Waals surface area (Å²) in [6, 6.07) is 2.76. The van der Waals surface area contributed by atoms with E-state index >= 15 is 0 Å². The van der Waals surface area contributed by atoms with E-state index in [0.29, 0.717) is 6.42 Å². The van der Waals surface area contributed by atoms with Crippen LogP contribution in [0, 0.1) is 15.9 Å². The number of hydrogen-bond acceptors (Lipinski definition) is 4. The van der Waals surface area contributed by atoms with Crippen LogP contribution in [0.2, 0.25) is 0 Å². The molecule has 0 fully saturated rings. The van der Waals surface area contributed by atoms with Gasteiger partial charge < -0.3 is 10.2 Å². The molecule has 0 saturated carbocycles. The number of nitro benzene ring substituents is 1. The van der Waals surface area contributed by atoms with Gasteiger partial charge >= 0.3 is 0 Å². The Morgan fingerprint density at radius 3 is 2.70 bits per heavy atom. The Morgan fingerprint density at radius 2 is 2.15 bits per heavy atom. The summed E-state index contributed by atoms with van der Waals surface area (Å²) in [5.74, 6) is -1.41. The van der Waals surface area contributed by atoms with Gasteiger partial charge in [-0.25, -0.2) is 4.39 Å². The van der Waals surface area contributed by atoms with Crippen molar-refractivity contribution in [1.29, 1.82) is 0 Å². The summed E-state index contributed by atoms with van der Waals surface area (Å²) >= 11 is 0. The van der Waals surface area contributed by atoms with Gasteiger partial charge in [0.05, 0.1) is 10.5 Å². The molecule has 0 spiro atoms. The van der Waals surface area contributed by atoms with E-state index in [1.807, 2.05) is 19.0 Å². The molecular weight excluding hydrogens is 265 g/mol. The largest absolute Gasteiger partial charge is 0.349 e. The van der Waals surface area contributed by atoms with Crippen LogP contribution in [-0.4, -0.2) is 42.4 Å². The maximum Gasteiger partial charge on any atom is 0.270 e. The van der Waals surface area contributed by atoms with Crippen LogP contribution >= 0.6 is 0 Å². The van der Waals surface area contributed by atoms with E-state index in [-0.39, 0.29) is 17.3 Å². The van der Waals surface area contributed by atoms with Crippen molar-refractivity contribution in [3.8, 4) is 0 Å². The Kier molecular flexibility index (Phi) is 5.57. The van der Waals surface area contributed by atoms with Crippen LogP contribution in [0.1, 0.15) is 23.7 Å². The number of rotatable bonds is 6. The Balaban J connectivity index is 2.76. The molecule has 0 aliphatic rings. The van der Waals surface area contributed by atoms with E-state index in [1.165, 1.54) is 0 Å². The zero-order valence-electron chi connectivity index (χ0n) is 11.7. The second kappa shape index (κ2) is 6.95. The topological polar surface area (TPSA) is 75.5 Å². The zero-order chi connectivity index (χ0) is 15.3. The molecule has 1 aromatic rings. The van der Waals surface area contributed by atoms with Gasteiger partial charge in [-0.15, -0.1) is 0 Å². The van der Waals surface area contributed by atoms with Crippen LogP contribution in [0.3, 0.4) is 0 Å². The third-order valence-corrected chi connectivity index (χ3v) is 2.79. The Hall–Kier alpha value is -2.02. The van der Waals surface area contributed by atoms with Gasteiger partial charge in [0, 0.05) is 18.2 Å². The number of carbonyl (C=O) groups is 1. The molecule has 20 heavy (non-hydrogen) atoms. The first-order chi connectivity index (χ1) is 9.31. The number of amides is 1. The van der Waals surface area contributed by atoms with E-state index in [2.05, 4.69) is 5.32 Å². The highest BCUT2D eigenvalue weighted by atomic mass is 19.1. The summed E-state index contributed by atoms with van der Waals surface area (Å²) in [7, 11) is 3.82. The molecule has 0 aliphatic carbocycles. The number of hydrogen-bond donors (Lipinski definition) is 1. The zero-order valence-corrected chi connectivity index (χ0v) is 11.7. The van der Waals surface area contributed by atoms with Crippen LogP contribution in [-0.2, 0) is 0 Å². The van der Waals surface area contributed by atoms with Gasteiger partial charge in [0.25, 0.3) is 11.6 Å². The molecule has 0 saturated heterocycles. The van der Waals surface area contributed by atoms with Gasteiger partial charge in [-0.05, 0) is 40.1 Å². The van der Waals surface area contributed by atoms with Crippen molar-refractivity contribution in [2.24, 2.45) is 0 Å². The molecule has 0 aromatic heterocycles. The van der Waals surface area contributed by atoms with Crippen LogP contribution in [0.5, 0.6) is 0 Å². The lowest BCUT2D eigenvalue weighted by atomic mass is 10.1. The van der Waals surface area contributed by atoms with Crippen LogP contribution in [0.15, 0.2) is 18.2 Å². The fraction of sp³-hybridized carbons (Fsp3) is 0.462. The highest BCUT2D eigenvalue weighted by molar-refractivity contribution is 5.95. The lowest BCUT2D eigenvalue weighted by Gasteiger charge is -2.16. The predicted octanol–water partition coefficient (Wildman–Crippen LogP) is 1.80. The van der Waals surface area contributed by atoms with Crippen molar-refractivity contribution in [2.75, 3.05) is 20.6 Å². The van der Waals surface area contributed by atoms with Crippen molar-refractivity contribution in [1.82, 2.24) is 10.2 Å². The molecule has 0 bridgehead atoms. The minimum atomic E-state index is -0.770. The molecule has 0 heterocycles. The fourth-order valence-corrected chi connectivity index (χ4v) is 1.63. The highest BCUT2D eigenvalue weighted by Crippen LogP contribution is 2.17. The SMILES string of the molecule is CC(CCN(C)C)NC(=O)c1cc([N+](=O)[O-])ccc1F. The molecule has 1 unspecified atom stereocenters. The molecule has 1 N–H and O–H groups in total. The number of halogens is 1. The van der Waals surface area contributed by atoms with Crippen molar-refractivity contribution in [3.63, 3.8) is 0 Å². The third-order valence-electron chi connectivity index (χ3n) is 2.79. The third kappa shape index (κ3) is 4.58. The van der Waals surface area contributed by atoms with Crippen LogP contribution < -0.4 is 5.32 Å². The van der Waals surface area contributed by atoms with Crippen molar-refractivity contribution < 1.29 is 14.1 Å². The number of nitrogens with zero attached hydrogens (tertiary/aromatic N) is 2. The Morgan fingerprint density at radius 1 is 1.50 bits per heavy atom. The monoisotopic (exact) mass is 283 g/mol. The standard InChI is InChI=1S/C13H18FN3O3/c1-9(6-7-16(2)3)15-13(18)11-8-10(17(19)20)4-5-12(11)14/h4-5,8-9H,6-7H2,1-3H3,(H,15,18). The minimum Gasteiger partial charge on any atom is -0.349 e. The van der Waals surface area contributed by atoms with E-state index < -0.39 is 16.6 Å². The second-order valence-corrected chi connectivity index (χ2v) is 4.89. The molecule has 0 radical (unpaired) electrons. The van der Waals surface area contributed by atoms with E-state index in [0.717, 1.165) is 24.7 Å². The summed E-state index contributed by atoms with van der Waals surface area (Å²) < 4.78 is 13.6. The first kappa shape index (κ1) is 16.0. The van der Waals surface area contributed by atoms with Gasteiger partial charge in [0.2, 0.25) is 0 Å². The van der Waals surface area contributed by atoms with Gasteiger partial charge in [0.15, 0.2) is 0 Å². The van der Waals surface area contributed by atoms with E-state index in [4.69, 9.17) is 0 Å². The normalized spacial score (nSPS) is 12.2. The Bertz CT molecular complexity index is 506. The maximum atomic E-state index is 13.6. The van der Waals surface area contributed by atoms with E-state index in [1.54, 1.807) is 6.92 Å². The smallest absolute Gasteiger partial charge is 0.270 e.